The van der Waals surface area contributed by atoms with Crippen LogP contribution in [0.15, 0.2) is 139 Å². The van der Waals surface area contributed by atoms with E-state index in [9.17, 15) is 49.6 Å². The number of H-pyrrole nitrogens is 1. The molecule has 5 aromatic carbocycles. The highest BCUT2D eigenvalue weighted by Crippen LogP contribution is 2.70. The number of anilines is 2. The summed E-state index contributed by atoms with van der Waals surface area (Å²) in [5.41, 5.74) is 0.672. The van der Waals surface area contributed by atoms with Crippen LogP contribution in [0.4, 0.5) is 22.7 Å². The van der Waals surface area contributed by atoms with Gasteiger partial charge in [-0.2, -0.15) is 0 Å². The smallest absolute Gasteiger partial charge is 0.322 e. The number of nitro groups is 2. The number of non-ortho nitro benzene ring substituents is 2. The van der Waals surface area contributed by atoms with E-state index in [1.165, 1.54) is 75.1 Å². The Kier molecular flexibility index (Phi) is 18.8. The molecule has 5 N–H and O–H groups in total. The molecule has 10 aliphatic rings. The van der Waals surface area contributed by atoms with E-state index in [1.54, 1.807) is 14.2 Å². The van der Waals surface area contributed by atoms with Gasteiger partial charge in [0.05, 0.1) is 56.3 Å². The van der Waals surface area contributed by atoms with Crippen LogP contribution in [0.2, 0.25) is 0 Å². The van der Waals surface area contributed by atoms with Crippen molar-refractivity contribution in [2.24, 2.45) is 16.7 Å². The number of aromatic amines is 1. The van der Waals surface area contributed by atoms with Crippen molar-refractivity contribution in [2.75, 3.05) is 104 Å². The van der Waals surface area contributed by atoms with Gasteiger partial charge in [0.2, 0.25) is 0 Å². The topological polar surface area (TPSA) is 314 Å². The Morgan fingerprint density at radius 1 is 0.642 bits per heavy atom. The molecule has 1 aromatic heterocycles. The van der Waals surface area contributed by atoms with E-state index < -0.39 is 102 Å². The summed E-state index contributed by atoms with van der Waals surface area (Å²) in [5, 5.41) is 56.5. The number of carbonyl (C=O) groups is 5. The fourth-order valence-electron chi connectivity index (χ4n) is 22.8. The van der Waals surface area contributed by atoms with Crippen molar-refractivity contribution in [3.63, 3.8) is 0 Å². The minimum absolute atomic E-state index is 0.00599. The maximum atomic E-state index is 15.5. The van der Waals surface area contributed by atoms with Gasteiger partial charge >= 0.3 is 17.9 Å². The molecule has 8 aliphatic heterocycles. The van der Waals surface area contributed by atoms with Crippen LogP contribution in [0.5, 0.6) is 11.5 Å². The second-order valence-electron chi connectivity index (χ2n) is 31.6. The van der Waals surface area contributed by atoms with E-state index in [4.69, 9.17) is 23.7 Å². The molecule has 3 unspecified atom stereocenters. The quantitative estimate of drug-likeness (QED) is 0.0187. The Balaban J connectivity index is 0.000000193. The van der Waals surface area contributed by atoms with Gasteiger partial charge in [-0.3, -0.25) is 58.9 Å². The molecule has 2 aliphatic carbocycles. The average molecular weight is 1490 g/mol. The number of carbonyl (C=O) groups excluding carboxylic acids is 5. The van der Waals surface area contributed by atoms with E-state index in [1.807, 2.05) is 44.4 Å². The molecule has 0 radical (unpaired) electrons. The van der Waals surface area contributed by atoms with Crippen molar-refractivity contribution in [2.45, 2.75) is 143 Å². The largest absolute Gasteiger partial charge is 0.497 e. The van der Waals surface area contributed by atoms with Crippen LogP contribution in [-0.2, 0) is 51.3 Å². The first kappa shape index (κ1) is 74.5. The van der Waals surface area contributed by atoms with E-state index in [2.05, 4.69) is 116 Å². The molecule has 574 valence electrons. The number of nitro benzene ring substituents is 2. The van der Waals surface area contributed by atoms with Gasteiger partial charge in [0.1, 0.15) is 40.3 Å². The lowest BCUT2D eigenvalue weighted by atomic mass is 9.47. The number of fused-ring (bicyclic) bond motifs is 7. The standard InChI is InChI=1S/C52H60N6O9.C31H36N4O7/c1-7-32-24-33-27-51(48(61)66-6,43-37(18-22-56(28-32)29-33)36-12-9-10-13-40(36)54-43)39-25-38-41(26-42(39)65-5)55(4)46-50(38)20-23-57-21-11-19-49(8-2,45(50)57)47(67-31(3)59)52(46,62)30-53-44(60)34-14-16-35(17-15-34)58(63)64;1-5-29-13-6-15-34-16-14-30(26(29)34)23-12-11-22(41-4)17-24(23)33(3)27(30)31(38,28(29)42-19(2)36)18-32-25(37)20-7-9-21(10-8-20)35(39)40/h9-17,19,24-26,33,45-47,54,62H,7-8,18,20-23,27-30H2,1-6H3,(H,53,60);6-13,17,26-28,38H,5,14-16,18H2,1-4H3,(H,32,37)/t33-,45?,46+,47+,49+,50+,51-,52-;26?,27-,28-,29-,30-,31+/m01/s1. The number of benzene rings is 5. The maximum Gasteiger partial charge on any atom is 0.322 e. The fourth-order valence-corrected chi connectivity index (χ4v) is 22.8. The van der Waals surface area contributed by atoms with E-state index in [0.29, 0.717) is 62.3 Å². The molecule has 2 saturated carbocycles. The summed E-state index contributed by atoms with van der Waals surface area (Å²) < 4.78 is 30.6. The van der Waals surface area contributed by atoms with Crippen LogP contribution in [0.1, 0.15) is 122 Å². The molecule has 6 aromatic rings. The zero-order chi connectivity index (χ0) is 77.2. The molecule has 4 fully saturated rings. The van der Waals surface area contributed by atoms with Crippen molar-refractivity contribution in [1.82, 2.24) is 30.3 Å². The Morgan fingerprint density at radius 2 is 1.17 bits per heavy atom. The van der Waals surface area contributed by atoms with Crippen LogP contribution in [0.25, 0.3) is 10.9 Å². The van der Waals surface area contributed by atoms with E-state index in [-0.39, 0.29) is 53.6 Å². The van der Waals surface area contributed by atoms with Gasteiger partial charge < -0.3 is 59.3 Å². The summed E-state index contributed by atoms with van der Waals surface area (Å²) in [6.45, 7) is 13.9. The predicted molar refractivity (Wildman–Crippen MR) is 407 cm³/mol. The number of methoxy groups -OCH3 is 3. The number of hydrogen-bond donors (Lipinski definition) is 5. The molecular formula is C83H96N10O16. The molecule has 16 rings (SSSR count). The first-order chi connectivity index (χ1) is 52.2. The molecule has 2 bridgehead atoms. The summed E-state index contributed by atoms with van der Waals surface area (Å²) >= 11 is 0. The number of rotatable bonds is 17. The van der Waals surface area contributed by atoms with Gasteiger partial charge in [0.25, 0.3) is 23.2 Å². The number of para-hydroxylation sites is 1. The zero-order valence-corrected chi connectivity index (χ0v) is 63.3. The van der Waals surface area contributed by atoms with Gasteiger partial charge in [-0.1, -0.05) is 81.0 Å². The van der Waals surface area contributed by atoms with Crippen molar-refractivity contribution in [3.8, 4) is 11.5 Å². The lowest BCUT2D eigenvalue weighted by molar-refractivity contribution is -0.385. The predicted octanol–water partition coefficient (Wildman–Crippen LogP) is 8.77. The molecule has 15 atom stereocenters. The Morgan fingerprint density at radius 3 is 1.67 bits per heavy atom. The molecular weight excluding hydrogens is 1390 g/mol. The van der Waals surface area contributed by atoms with E-state index in [0.717, 1.165) is 90.2 Å². The Labute approximate surface area is 632 Å². The van der Waals surface area contributed by atoms with Crippen LogP contribution < -0.4 is 29.9 Å². The van der Waals surface area contributed by atoms with Crippen molar-refractivity contribution in [3.05, 3.63) is 198 Å². The maximum absolute atomic E-state index is 15.5. The van der Waals surface area contributed by atoms with Gasteiger partial charge in [0, 0.05) is 175 Å². The average Bonchev–Trinajstić information content (AvgIpc) is 1.50. The SMILES string of the molecule is CCC1=C[C@@H]2CN(CCc3c([nH]c4ccccc34)[C@@](C(=O)OC)(c3cc4c(cc3OC)N(C)[C@H]3[C@@](O)(CNC(=O)c5ccc([N+](=O)[O-])cc5)[C@H](OC(C)=O)[C@]5(CC)C=CCN6CC[C@]43C65)C2)C1.CC[C@]12C=CCN3CC[C@@]4(c5ccc(OC)cc5N(C)[C@H]4[C@@](O)(CNC(=O)c4ccc([N+](=O)[O-])cc4)[C@@H]1OC(C)=O)C32. The number of ether oxygens (including phenoxy) is 5. The highest BCUT2D eigenvalue weighted by molar-refractivity contribution is 5.96. The number of hydrogen-bond acceptors (Lipinski definition) is 21. The molecule has 2 saturated heterocycles. The van der Waals surface area contributed by atoms with Crippen molar-refractivity contribution < 1.29 is 67.7 Å². The number of esters is 3. The van der Waals surface area contributed by atoms with Crippen molar-refractivity contribution >= 4 is 63.4 Å². The first-order valence-corrected chi connectivity index (χ1v) is 37.9. The van der Waals surface area contributed by atoms with Gasteiger partial charge in [0.15, 0.2) is 0 Å². The zero-order valence-electron chi connectivity index (χ0n) is 63.3. The molecule has 26 heteroatoms. The molecule has 9 heterocycles. The number of aromatic nitrogens is 1. The van der Waals surface area contributed by atoms with Crippen LogP contribution in [0, 0.1) is 37.0 Å². The summed E-state index contributed by atoms with van der Waals surface area (Å²) in [6, 6.07) is 27.4. The number of nitrogens with zero attached hydrogens (tertiary/aromatic N) is 7. The first-order valence-electron chi connectivity index (χ1n) is 37.9. The molecule has 109 heavy (non-hydrogen) atoms. The molecule has 2 spiro atoms. The number of likely N-dealkylation sites (N-methyl/N-ethyl adjacent to an activating group) is 2. The fraction of sp³-hybridized carbons (Fsp3) is 0.482. The van der Waals surface area contributed by atoms with Crippen LogP contribution in [-0.4, -0.2) is 211 Å². The second-order valence-corrected chi connectivity index (χ2v) is 31.6. The minimum Gasteiger partial charge on any atom is -0.497 e. The summed E-state index contributed by atoms with van der Waals surface area (Å²) in [6.07, 6.45) is 13.2. The summed E-state index contributed by atoms with van der Waals surface area (Å²) in [7, 11) is 8.58. The highest BCUT2D eigenvalue weighted by atomic mass is 16.6. The number of amides is 2. The van der Waals surface area contributed by atoms with Gasteiger partial charge in [-0.05, 0) is 123 Å². The number of aliphatic hydroxyl groups is 2. The van der Waals surface area contributed by atoms with Crippen LogP contribution in [0.3, 0.4) is 0 Å². The summed E-state index contributed by atoms with van der Waals surface area (Å²) in [5.74, 6) is -1.32. The highest BCUT2D eigenvalue weighted by Gasteiger charge is 2.80. The number of nitrogens with one attached hydrogen (secondary N) is 3. The lowest BCUT2D eigenvalue weighted by Gasteiger charge is -2.64. The molecule has 2 amide bonds. The van der Waals surface area contributed by atoms with Gasteiger partial charge in [-0.15, -0.1) is 0 Å². The summed E-state index contributed by atoms with van der Waals surface area (Å²) in [4.78, 5) is 106. The minimum atomic E-state index is -1.91. The van der Waals surface area contributed by atoms with Crippen LogP contribution >= 0.6 is 0 Å². The second kappa shape index (κ2) is 27.5. The normalized spacial score (nSPS) is 31.9. The molecule has 26 nitrogen and oxygen atoms in total. The van der Waals surface area contributed by atoms with E-state index >= 15 is 4.79 Å². The lowest BCUT2D eigenvalue weighted by Crippen LogP contribution is -2.81. The monoisotopic (exact) mass is 1490 g/mol. The van der Waals surface area contributed by atoms with Gasteiger partial charge in [-0.25, -0.2) is 0 Å². The Bertz CT molecular complexity index is 4790. The Hall–Kier alpha value is -9.99. The van der Waals surface area contributed by atoms with Crippen molar-refractivity contribution in [1.29, 1.82) is 0 Å². The third kappa shape index (κ3) is 11.0. The third-order valence-electron chi connectivity index (χ3n) is 26.6. The third-order valence-corrected chi connectivity index (χ3v) is 26.6.